The van der Waals surface area contributed by atoms with Crippen molar-refractivity contribution in [3.63, 3.8) is 0 Å². The Bertz CT molecular complexity index is 333. The van der Waals surface area contributed by atoms with Crippen LogP contribution in [0.1, 0.15) is 16.6 Å². The highest BCUT2D eigenvalue weighted by Gasteiger charge is 2.17. The standard InChI is InChI=1S/C11H17NO2S/c1-8(7-12(2)3)11(13)9-5-6-10(14-4)15-9/h5-6,8H,7H2,1-4H3. The Balaban J connectivity index is 2.67. The molecule has 1 atom stereocenters. The molecule has 3 nitrogen and oxygen atoms in total. The maximum absolute atomic E-state index is 11.9. The van der Waals surface area contributed by atoms with Crippen LogP contribution in [0, 0.1) is 5.92 Å². The van der Waals surface area contributed by atoms with E-state index in [0.717, 1.165) is 16.5 Å². The molecule has 1 rings (SSSR count). The van der Waals surface area contributed by atoms with E-state index in [1.165, 1.54) is 11.3 Å². The molecule has 0 aromatic carbocycles. The van der Waals surface area contributed by atoms with Gasteiger partial charge in [-0.25, -0.2) is 0 Å². The van der Waals surface area contributed by atoms with Gasteiger partial charge in [-0.1, -0.05) is 18.3 Å². The van der Waals surface area contributed by atoms with Crippen LogP contribution in [0.15, 0.2) is 12.1 Å². The first-order chi connectivity index (χ1) is 7.04. The summed E-state index contributed by atoms with van der Waals surface area (Å²) in [7, 11) is 5.56. The minimum Gasteiger partial charge on any atom is -0.487 e. The van der Waals surface area contributed by atoms with E-state index in [2.05, 4.69) is 0 Å². The number of methoxy groups -OCH3 is 1. The van der Waals surface area contributed by atoms with Crippen molar-refractivity contribution in [2.45, 2.75) is 6.92 Å². The molecule has 84 valence electrons. The molecule has 1 aromatic rings. The van der Waals surface area contributed by atoms with Gasteiger partial charge in [-0.3, -0.25) is 4.79 Å². The Labute approximate surface area is 94.7 Å². The second kappa shape index (κ2) is 5.28. The molecule has 0 fully saturated rings. The summed E-state index contributed by atoms with van der Waals surface area (Å²) in [6, 6.07) is 3.66. The third-order valence-corrected chi connectivity index (χ3v) is 3.17. The summed E-state index contributed by atoms with van der Waals surface area (Å²) in [6.07, 6.45) is 0. The summed E-state index contributed by atoms with van der Waals surface area (Å²) in [5.41, 5.74) is 0. The summed E-state index contributed by atoms with van der Waals surface area (Å²) >= 11 is 1.41. The summed E-state index contributed by atoms with van der Waals surface area (Å²) in [5, 5.41) is 0.787. The fourth-order valence-corrected chi connectivity index (χ4v) is 2.31. The zero-order valence-corrected chi connectivity index (χ0v) is 10.4. The van der Waals surface area contributed by atoms with E-state index in [9.17, 15) is 4.79 Å². The third-order valence-electron chi connectivity index (χ3n) is 2.11. The van der Waals surface area contributed by atoms with Crippen LogP contribution >= 0.6 is 11.3 Å². The van der Waals surface area contributed by atoms with Crippen LogP contribution in [0.25, 0.3) is 0 Å². The number of carbonyl (C=O) groups is 1. The minimum absolute atomic E-state index is 0.0309. The van der Waals surface area contributed by atoms with E-state index in [0.29, 0.717) is 0 Å². The topological polar surface area (TPSA) is 29.5 Å². The number of thiophene rings is 1. The molecule has 0 amide bonds. The Hall–Kier alpha value is -0.870. The zero-order valence-electron chi connectivity index (χ0n) is 9.61. The van der Waals surface area contributed by atoms with Crippen LogP contribution in [-0.2, 0) is 0 Å². The van der Waals surface area contributed by atoms with Crippen molar-refractivity contribution in [3.8, 4) is 5.06 Å². The van der Waals surface area contributed by atoms with Gasteiger partial charge in [-0.15, -0.1) is 0 Å². The van der Waals surface area contributed by atoms with Crippen LogP contribution in [0.5, 0.6) is 5.06 Å². The summed E-state index contributed by atoms with van der Waals surface area (Å²) in [6.45, 7) is 2.73. The number of nitrogens with zero attached hydrogens (tertiary/aromatic N) is 1. The maximum Gasteiger partial charge on any atom is 0.176 e. The van der Waals surface area contributed by atoms with Crippen molar-refractivity contribution in [1.29, 1.82) is 0 Å². The first kappa shape index (κ1) is 12.2. The normalized spacial score (nSPS) is 12.9. The first-order valence-corrected chi connectivity index (χ1v) is 5.69. The first-order valence-electron chi connectivity index (χ1n) is 4.87. The molecule has 4 heteroatoms. The van der Waals surface area contributed by atoms with Gasteiger partial charge in [0.15, 0.2) is 10.8 Å². The quantitative estimate of drug-likeness (QED) is 0.722. The Morgan fingerprint density at radius 1 is 1.53 bits per heavy atom. The van der Waals surface area contributed by atoms with Gasteiger partial charge < -0.3 is 9.64 Å². The molecule has 0 aliphatic carbocycles. The number of ether oxygens (including phenoxy) is 1. The molecule has 0 radical (unpaired) electrons. The summed E-state index contributed by atoms with van der Waals surface area (Å²) in [5.74, 6) is 0.223. The average Bonchev–Trinajstić information content (AvgIpc) is 2.63. The molecular weight excluding hydrogens is 210 g/mol. The number of ketones is 1. The molecular formula is C11H17NO2S. The third kappa shape index (κ3) is 3.32. The molecule has 0 saturated heterocycles. The predicted octanol–water partition coefficient (Wildman–Crippen LogP) is 2.14. The van der Waals surface area contributed by atoms with Gasteiger partial charge in [0, 0.05) is 12.5 Å². The van der Waals surface area contributed by atoms with Crippen LogP contribution in [0.2, 0.25) is 0 Å². The van der Waals surface area contributed by atoms with Gasteiger partial charge in [-0.05, 0) is 26.2 Å². The largest absolute Gasteiger partial charge is 0.487 e. The molecule has 0 bridgehead atoms. The van der Waals surface area contributed by atoms with E-state index in [-0.39, 0.29) is 11.7 Å². The molecule has 0 saturated carbocycles. The molecule has 1 unspecified atom stereocenters. The Morgan fingerprint density at radius 3 is 2.67 bits per heavy atom. The monoisotopic (exact) mass is 227 g/mol. The van der Waals surface area contributed by atoms with Gasteiger partial charge in [0.1, 0.15) is 0 Å². The average molecular weight is 227 g/mol. The lowest BCUT2D eigenvalue weighted by molar-refractivity contribution is 0.0914. The van der Waals surface area contributed by atoms with E-state index < -0.39 is 0 Å². The number of rotatable bonds is 5. The fraction of sp³-hybridized carbons (Fsp3) is 0.545. The van der Waals surface area contributed by atoms with Crippen LogP contribution in [-0.4, -0.2) is 38.4 Å². The molecule has 15 heavy (non-hydrogen) atoms. The lowest BCUT2D eigenvalue weighted by Crippen LogP contribution is -2.25. The molecule has 0 spiro atoms. The predicted molar refractivity (Wildman–Crippen MR) is 62.9 cm³/mol. The van der Waals surface area contributed by atoms with Crippen LogP contribution in [0.4, 0.5) is 0 Å². The van der Waals surface area contributed by atoms with Crippen molar-refractivity contribution < 1.29 is 9.53 Å². The highest BCUT2D eigenvalue weighted by atomic mass is 32.1. The van der Waals surface area contributed by atoms with Crippen LogP contribution < -0.4 is 4.74 Å². The molecule has 1 aromatic heterocycles. The van der Waals surface area contributed by atoms with Crippen LogP contribution in [0.3, 0.4) is 0 Å². The zero-order chi connectivity index (χ0) is 11.4. The number of Topliss-reactive ketones (excluding diaryl/α,β-unsaturated/α-hetero) is 1. The van der Waals surface area contributed by atoms with E-state index in [1.807, 2.05) is 38.1 Å². The fourth-order valence-electron chi connectivity index (χ4n) is 1.44. The number of carbonyl (C=O) groups excluding carboxylic acids is 1. The SMILES string of the molecule is COc1ccc(C(=O)C(C)CN(C)C)s1. The van der Waals surface area contributed by atoms with E-state index in [1.54, 1.807) is 7.11 Å². The van der Waals surface area contributed by atoms with E-state index >= 15 is 0 Å². The second-order valence-electron chi connectivity index (χ2n) is 3.85. The number of hydrogen-bond acceptors (Lipinski definition) is 4. The van der Waals surface area contributed by atoms with E-state index in [4.69, 9.17) is 4.74 Å². The molecule has 0 N–H and O–H groups in total. The van der Waals surface area contributed by atoms with Gasteiger partial charge in [0.25, 0.3) is 0 Å². The van der Waals surface area contributed by atoms with Gasteiger partial charge in [0.05, 0.1) is 12.0 Å². The van der Waals surface area contributed by atoms with Crippen molar-refractivity contribution in [3.05, 3.63) is 17.0 Å². The summed E-state index contributed by atoms with van der Waals surface area (Å²) < 4.78 is 5.06. The minimum atomic E-state index is 0.0309. The number of hydrogen-bond donors (Lipinski definition) is 0. The molecule has 0 aliphatic heterocycles. The van der Waals surface area contributed by atoms with Gasteiger partial charge >= 0.3 is 0 Å². The lowest BCUT2D eigenvalue weighted by atomic mass is 10.1. The van der Waals surface area contributed by atoms with Crippen molar-refractivity contribution in [2.75, 3.05) is 27.7 Å². The van der Waals surface area contributed by atoms with Gasteiger partial charge in [0.2, 0.25) is 0 Å². The molecule has 1 heterocycles. The lowest BCUT2D eigenvalue weighted by Gasteiger charge is -2.14. The smallest absolute Gasteiger partial charge is 0.176 e. The second-order valence-corrected chi connectivity index (χ2v) is 4.90. The van der Waals surface area contributed by atoms with Crippen molar-refractivity contribution in [1.82, 2.24) is 4.90 Å². The Kier molecular flexibility index (Phi) is 4.29. The van der Waals surface area contributed by atoms with Gasteiger partial charge in [-0.2, -0.15) is 0 Å². The maximum atomic E-state index is 11.9. The van der Waals surface area contributed by atoms with Crippen molar-refractivity contribution >= 4 is 17.1 Å². The molecule has 0 aliphatic rings. The summed E-state index contributed by atoms with van der Waals surface area (Å²) in [4.78, 5) is 14.7. The highest BCUT2D eigenvalue weighted by Crippen LogP contribution is 2.26. The Morgan fingerprint density at radius 2 is 2.20 bits per heavy atom. The highest BCUT2D eigenvalue weighted by molar-refractivity contribution is 7.15. The van der Waals surface area contributed by atoms with Crippen molar-refractivity contribution in [2.24, 2.45) is 5.92 Å².